The van der Waals surface area contributed by atoms with Crippen LogP contribution in [-0.4, -0.2) is 33.6 Å². The van der Waals surface area contributed by atoms with Gasteiger partial charge in [-0.3, -0.25) is 0 Å². The van der Waals surface area contributed by atoms with Crippen molar-refractivity contribution in [1.82, 2.24) is 0 Å². The Bertz CT molecular complexity index is 387. The smallest absolute Gasteiger partial charge is 0.102 e. The number of anilines is 1. The molecule has 0 aliphatic rings. The summed E-state index contributed by atoms with van der Waals surface area (Å²) in [6.07, 6.45) is 1.98. The minimum Gasteiger partial charge on any atom is -0.383 e. The van der Waals surface area contributed by atoms with Gasteiger partial charge in [0, 0.05) is 25.6 Å². The van der Waals surface area contributed by atoms with Crippen LogP contribution in [0.2, 0.25) is 0 Å². The quantitative estimate of drug-likeness (QED) is 0.735. The fourth-order valence-electron chi connectivity index (χ4n) is 1.47. The minimum atomic E-state index is 0.658. The van der Waals surface area contributed by atoms with Crippen LogP contribution in [0.5, 0.6) is 0 Å². The van der Waals surface area contributed by atoms with Gasteiger partial charge < -0.3 is 9.64 Å². The molecule has 0 amide bonds. The Balaban J connectivity index is 2.99. The van der Waals surface area contributed by atoms with E-state index in [9.17, 15) is 5.26 Å². The van der Waals surface area contributed by atoms with E-state index in [4.69, 9.17) is 4.74 Å². The molecule has 0 N–H and O–H groups in total. The summed E-state index contributed by atoms with van der Waals surface area (Å²) in [5, 5.41) is 9.18. The van der Waals surface area contributed by atoms with Crippen LogP contribution in [0, 0.1) is 11.3 Å². The fourth-order valence-corrected chi connectivity index (χ4v) is 2.04. The first-order chi connectivity index (χ1) is 7.74. The van der Waals surface area contributed by atoms with Crippen molar-refractivity contribution in [3.05, 3.63) is 23.8 Å². The Morgan fingerprint density at radius 3 is 2.81 bits per heavy atom. The predicted octanol–water partition coefficient (Wildman–Crippen LogP) is 2.36. The monoisotopic (exact) mass is 236 g/mol. The first-order valence-corrected chi connectivity index (χ1v) is 6.24. The first kappa shape index (κ1) is 12.9. The molecule has 3 nitrogen and oxygen atoms in total. The van der Waals surface area contributed by atoms with Crippen LogP contribution in [0.1, 0.15) is 5.56 Å². The Kier molecular flexibility index (Phi) is 5.17. The lowest BCUT2D eigenvalue weighted by Gasteiger charge is -2.20. The zero-order valence-electron chi connectivity index (χ0n) is 9.86. The van der Waals surface area contributed by atoms with Gasteiger partial charge in [-0.05, 0) is 18.4 Å². The van der Waals surface area contributed by atoms with E-state index >= 15 is 0 Å². The van der Waals surface area contributed by atoms with Gasteiger partial charge in [0.05, 0.1) is 17.9 Å². The van der Waals surface area contributed by atoms with Gasteiger partial charge in [-0.25, -0.2) is 0 Å². The number of hydrogen-bond donors (Lipinski definition) is 0. The zero-order valence-corrected chi connectivity index (χ0v) is 10.7. The highest BCUT2D eigenvalue weighted by Gasteiger charge is 2.10. The number of ether oxygens (including phenoxy) is 1. The van der Waals surface area contributed by atoms with Gasteiger partial charge in [-0.15, -0.1) is 11.8 Å². The standard InChI is InChI=1S/C12H16N2OS/c1-14(7-8-15-2)11-5-4-6-12(16-3)10(11)9-13/h4-6H,7-8H2,1-3H3. The molecule has 0 aromatic heterocycles. The number of rotatable bonds is 5. The number of hydrogen-bond acceptors (Lipinski definition) is 4. The minimum absolute atomic E-state index is 0.658. The molecule has 0 radical (unpaired) electrons. The number of nitrogens with zero attached hydrogens (tertiary/aromatic N) is 2. The molecular formula is C12H16N2OS. The van der Waals surface area contributed by atoms with Crippen molar-refractivity contribution in [1.29, 1.82) is 5.26 Å². The van der Waals surface area contributed by atoms with Crippen LogP contribution in [0.3, 0.4) is 0 Å². The Labute approximate surface area is 101 Å². The zero-order chi connectivity index (χ0) is 12.0. The van der Waals surface area contributed by atoms with Gasteiger partial charge in [-0.2, -0.15) is 5.26 Å². The average molecular weight is 236 g/mol. The maximum Gasteiger partial charge on any atom is 0.102 e. The molecule has 0 spiro atoms. The van der Waals surface area contributed by atoms with Crippen molar-refractivity contribution in [2.45, 2.75) is 4.90 Å². The predicted molar refractivity (Wildman–Crippen MR) is 68.1 cm³/mol. The van der Waals surface area contributed by atoms with Crippen LogP contribution in [-0.2, 0) is 4.74 Å². The molecular weight excluding hydrogens is 220 g/mol. The van der Waals surface area contributed by atoms with E-state index in [1.54, 1.807) is 18.9 Å². The van der Waals surface area contributed by atoms with Crippen LogP contribution in [0.15, 0.2) is 23.1 Å². The summed E-state index contributed by atoms with van der Waals surface area (Å²) in [4.78, 5) is 3.06. The number of methoxy groups -OCH3 is 1. The number of nitriles is 1. The molecule has 0 fully saturated rings. The van der Waals surface area contributed by atoms with E-state index in [0.29, 0.717) is 6.61 Å². The molecule has 16 heavy (non-hydrogen) atoms. The number of thioether (sulfide) groups is 1. The molecule has 0 aliphatic carbocycles. The number of benzene rings is 1. The maximum atomic E-state index is 9.18. The van der Waals surface area contributed by atoms with E-state index in [-0.39, 0.29) is 0 Å². The van der Waals surface area contributed by atoms with Crippen LogP contribution < -0.4 is 4.90 Å². The van der Waals surface area contributed by atoms with Gasteiger partial charge in [0.1, 0.15) is 6.07 Å². The Morgan fingerprint density at radius 2 is 2.25 bits per heavy atom. The molecule has 0 unspecified atom stereocenters. The molecule has 0 aliphatic heterocycles. The second-order valence-corrected chi connectivity index (χ2v) is 4.23. The molecule has 0 saturated carbocycles. The fraction of sp³-hybridized carbons (Fsp3) is 0.417. The normalized spacial score (nSPS) is 9.88. The SMILES string of the molecule is COCCN(C)c1cccc(SC)c1C#N. The second kappa shape index (κ2) is 6.41. The van der Waals surface area contributed by atoms with Gasteiger partial charge in [0.15, 0.2) is 0 Å². The van der Waals surface area contributed by atoms with Crippen LogP contribution in [0.25, 0.3) is 0 Å². The van der Waals surface area contributed by atoms with Crippen molar-refractivity contribution in [2.75, 3.05) is 38.5 Å². The van der Waals surface area contributed by atoms with Crippen molar-refractivity contribution >= 4 is 17.4 Å². The molecule has 0 bridgehead atoms. The van der Waals surface area contributed by atoms with Crippen molar-refractivity contribution in [3.63, 3.8) is 0 Å². The molecule has 1 aromatic rings. The molecule has 4 heteroatoms. The van der Waals surface area contributed by atoms with Gasteiger partial charge >= 0.3 is 0 Å². The third-order valence-electron chi connectivity index (χ3n) is 2.38. The summed E-state index contributed by atoms with van der Waals surface area (Å²) in [6.45, 7) is 1.44. The van der Waals surface area contributed by atoms with E-state index in [1.807, 2.05) is 36.4 Å². The van der Waals surface area contributed by atoms with Crippen molar-refractivity contribution in [2.24, 2.45) is 0 Å². The molecule has 86 valence electrons. The third-order valence-corrected chi connectivity index (χ3v) is 3.16. The second-order valence-electron chi connectivity index (χ2n) is 3.38. The third kappa shape index (κ3) is 2.91. The van der Waals surface area contributed by atoms with Crippen molar-refractivity contribution in [3.8, 4) is 6.07 Å². The summed E-state index contributed by atoms with van der Waals surface area (Å²) in [5.74, 6) is 0. The van der Waals surface area contributed by atoms with E-state index < -0.39 is 0 Å². The van der Waals surface area contributed by atoms with Crippen LogP contribution >= 0.6 is 11.8 Å². The molecule has 0 atom stereocenters. The lowest BCUT2D eigenvalue weighted by Crippen LogP contribution is -2.23. The van der Waals surface area contributed by atoms with Gasteiger partial charge in [0.2, 0.25) is 0 Å². The molecule has 1 aromatic carbocycles. The van der Waals surface area contributed by atoms with E-state index in [1.165, 1.54) is 0 Å². The average Bonchev–Trinajstić information content (AvgIpc) is 2.34. The summed E-state index contributed by atoms with van der Waals surface area (Å²) >= 11 is 1.59. The highest BCUT2D eigenvalue weighted by molar-refractivity contribution is 7.98. The molecule has 1 rings (SSSR count). The van der Waals surface area contributed by atoms with E-state index in [0.717, 1.165) is 22.7 Å². The largest absolute Gasteiger partial charge is 0.383 e. The lowest BCUT2D eigenvalue weighted by atomic mass is 10.2. The number of likely N-dealkylation sites (N-methyl/N-ethyl adjacent to an activating group) is 1. The topological polar surface area (TPSA) is 36.3 Å². The lowest BCUT2D eigenvalue weighted by molar-refractivity contribution is 0.206. The summed E-state index contributed by atoms with van der Waals surface area (Å²) in [7, 11) is 3.65. The van der Waals surface area contributed by atoms with Crippen LogP contribution in [0.4, 0.5) is 5.69 Å². The van der Waals surface area contributed by atoms with Crippen molar-refractivity contribution < 1.29 is 4.74 Å². The Hall–Kier alpha value is -1.18. The highest BCUT2D eigenvalue weighted by atomic mass is 32.2. The van der Waals surface area contributed by atoms with Gasteiger partial charge in [-0.1, -0.05) is 6.07 Å². The maximum absolute atomic E-state index is 9.18. The summed E-state index contributed by atoms with van der Waals surface area (Å²) < 4.78 is 5.03. The Morgan fingerprint density at radius 1 is 1.50 bits per heavy atom. The molecule has 0 saturated heterocycles. The van der Waals surface area contributed by atoms with E-state index in [2.05, 4.69) is 6.07 Å². The summed E-state index contributed by atoms with van der Waals surface area (Å²) in [6, 6.07) is 8.18. The summed E-state index contributed by atoms with van der Waals surface area (Å²) in [5.41, 5.74) is 1.71. The first-order valence-electron chi connectivity index (χ1n) is 5.01. The van der Waals surface area contributed by atoms with Gasteiger partial charge in [0.25, 0.3) is 0 Å². The molecule has 0 heterocycles. The highest BCUT2D eigenvalue weighted by Crippen LogP contribution is 2.28.